The number of carbonyl (C=O) groups excluding carboxylic acids is 1. The third kappa shape index (κ3) is 4.14. The van der Waals surface area contributed by atoms with Crippen LogP contribution in [-0.2, 0) is 11.3 Å². The minimum absolute atomic E-state index is 0.00737. The molecular formula is C16H19N5O5. The molecular weight excluding hydrogens is 342 g/mol. The zero-order valence-electron chi connectivity index (χ0n) is 14.3. The van der Waals surface area contributed by atoms with Gasteiger partial charge in [-0.1, -0.05) is 0 Å². The molecule has 1 amide bonds. The van der Waals surface area contributed by atoms with E-state index in [1.54, 1.807) is 24.0 Å². The van der Waals surface area contributed by atoms with Crippen molar-refractivity contribution in [1.82, 2.24) is 20.0 Å². The highest BCUT2D eigenvalue weighted by Crippen LogP contribution is 2.21. The zero-order chi connectivity index (χ0) is 18.5. The number of hydrogen-bond acceptors (Lipinski definition) is 8. The van der Waals surface area contributed by atoms with Crippen LogP contribution >= 0.6 is 0 Å². The quantitative estimate of drug-likeness (QED) is 0.586. The maximum absolute atomic E-state index is 11.7. The first kappa shape index (κ1) is 17.8. The maximum atomic E-state index is 11.7. The van der Waals surface area contributed by atoms with Crippen LogP contribution in [0.4, 0.5) is 10.5 Å². The van der Waals surface area contributed by atoms with Crippen molar-refractivity contribution in [3.63, 3.8) is 0 Å². The number of nitro groups is 1. The van der Waals surface area contributed by atoms with Gasteiger partial charge < -0.3 is 14.1 Å². The SMILES string of the molecule is CCOC(=O)N1CCN(Cc2nnc(-c3ccc([N+](=O)[O-])cc3)o2)CC1. The van der Waals surface area contributed by atoms with E-state index in [2.05, 4.69) is 15.1 Å². The number of carbonyl (C=O) groups is 1. The van der Waals surface area contributed by atoms with E-state index in [4.69, 9.17) is 9.15 Å². The summed E-state index contributed by atoms with van der Waals surface area (Å²) in [6.45, 7) is 5.18. The van der Waals surface area contributed by atoms with E-state index in [0.717, 1.165) is 0 Å². The highest BCUT2D eigenvalue weighted by molar-refractivity contribution is 5.67. The van der Waals surface area contributed by atoms with Gasteiger partial charge in [-0.15, -0.1) is 10.2 Å². The van der Waals surface area contributed by atoms with Crippen LogP contribution in [0.3, 0.4) is 0 Å². The summed E-state index contributed by atoms with van der Waals surface area (Å²) < 4.78 is 10.6. The fourth-order valence-corrected chi connectivity index (χ4v) is 2.65. The van der Waals surface area contributed by atoms with Gasteiger partial charge in [0, 0.05) is 43.9 Å². The molecule has 2 heterocycles. The van der Waals surface area contributed by atoms with E-state index < -0.39 is 4.92 Å². The topological polar surface area (TPSA) is 115 Å². The molecule has 2 aromatic rings. The lowest BCUT2D eigenvalue weighted by molar-refractivity contribution is -0.384. The van der Waals surface area contributed by atoms with E-state index in [-0.39, 0.29) is 11.8 Å². The first-order chi connectivity index (χ1) is 12.6. The second-order valence-corrected chi connectivity index (χ2v) is 5.77. The van der Waals surface area contributed by atoms with Crippen molar-refractivity contribution in [2.45, 2.75) is 13.5 Å². The molecule has 26 heavy (non-hydrogen) atoms. The molecule has 1 aromatic carbocycles. The molecule has 3 rings (SSSR count). The van der Waals surface area contributed by atoms with Crippen molar-refractivity contribution in [2.75, 3.05) is 32.8 Å². The van der Waals surface area contributed by atoms with Gasteiger partial charge in [-0.3, -0.25) is 15.0 Å². The molecule has 0 N–H and O–H groups in total. The fourth-order valence-electron chi connectivity index (χ4n) is 2.65. The van der Waals surface area contributed by atoms with E-state index in [1.807, 2.05) is 0 Å². The minimum Gasteiger partial charge on any atom is -0.450 e. The number of ether oxygens (including phenoxy) is 1. The Morgan fingerprint density at radius 2 is 1.92 bits per heavy atom. The van der Waals surface area contributed by atoms with Crippen LogP contribution in [-0.4, -0.2) is 63.8 Å². The summed E-state index contributed by atoms with van der Waals surface area (Å²) in [5.74, 6) is 0.781. The van der Waals surface area contributed by atoms with Crippen LogP contribution < -0.4 is 0 Å². The number of amides is 1. The molecule has 10 nitrogen and oxygen atoms in total. The van der Waals surface area contributed by atoms with Crippen LogP contribution in [0.25, 0.3) is 11.5 Å². The second-order valence-electron chi connectivity index (χ2n) is 5.77. The fraction of sp³-hybridized carbons (Fsp3) is 0.438. The zero-order valence-corrected chi connectivity index (χ0v) is 14.3. The summed E-state index contributed by atoms with van der Waals surface area (Å²) in [5.41, 5.74) is 0.634. The van der Waals surface area contributed by atoms with Crippen LogP contribution in [0.2, 0.25) is 0 Å². The molecule has 0 atom stereocenters. The number of hydrogen-bond donors (Lipinski definition) is 0. The van der Waals surface area contributed by atoms with Gasteiger partial charge in [0.05, 0.1) is 18.1 Å². The van der Waals surface area contributed by atoms with Crippen LogP contribution in [0.1, 0.15) is 12.8 Å². The van der Waals surface area contributed by atoms with Crippen molar-refractivity contribution < 1.29 is 18.9 Å². The van der Waals surface area contributed by atoms with Gasteiger partial charge in [-0.2, -0.15) is 0 Å². The number of piperazine rings is 1. The summed E-state index contributed by atoms with van der Waals surface area (Å²) in [4.78, 5) is 25.7. The van der Waals surface area contributed by atoms with E-state index in [0.29, 0.717) is 56.7 Å². The Kier molecular flexibility index (Phi) is 5.42. The first-order valence-electron chi connectivity index (χ1n) is 8.28. The van der Waals surface area contributed by atoms with Crippen LogP contribution in [0.5, 0.6) is 0 Å². The van der Waals surface area contributed by atoms with Crippen LogP contribution in [0, 0.1) is 10.1 Å². The lowest BCUT2D eigenvalue weighted by atomic mass is 10.2. The normalized spacial score (nSPS) is 15.0. The van der Waals surface area contributed by atoms with Crippen molar-refractivity contribution >= 4 is 11.8 Å². The Hall–Kier alpha value is -3.01. The van der Waals surface area contributed by atoms with Crippen molar-refractivity contribution in [3.05, 3.63) is 40.3 Å². The Balaban J connectivity index is 1.56. The van der Waals surface area contributed by atoms with Gasteiger partial charge in [0.1, 0.15) is 0 Å². The molecule has 1 aliphatic heterocycles. The van der Waals surface area contributed by atoms with E-state index in [9.17, 15) is 14.9 Å². The summed E-state index contributed by atoms with van der Waals surface area (Å²) in [5, 5.41) is 18.7. The maximum Gasteiger partial charge on any atom is 0.409 e. The van der Waals surface area contributed by atoms with Crippen molar-refractivity contribution in [1.29, 1.82) is 0 Å². The molecule has 138 valence electrons. The van der Waals surface area contributed by atoms with Gasteiger partial charge >= 0.3 is 6.09 Å². The van der Waals surface area contributed by atoms with E-state index in [1.165, 1.54) is 12.1 Å². The molecule has 1 aromatic heterocycles. The Labute approximate surface area is 149 Å². The monoisotopic (exact) mass is 361 g/mol. The molecule has 0 bridgehead atoms. The lowest BCUT2D eigenvalue weighted by Gasteiger charge is -2.33. The Bertz CT molecular complexity index is 768. The number of nitrogens with zero attached hydrogens (tertiary/aromatic N) is 5. The van der Waals surface area contributed by atoms with Gasteiger partial charge in [-0.25, -0.2) is 4.79 Å². The van der Waals surface area contributed by atoms with Crippen LogP contribution in [0.15, 0.2) is 28.7 Å². The smallest absolute Gasteiger partial charge is 0.409 e. The first-order valence-corrected chi connectivity index (χ1v) is 8.28. The molecule has 1 fully saturated rings. The lowest BCUT2D eigenvalue weighted by Crippen LogP contribution is -2.48. The molecule has 1 saturated heterocycles. The predicted molar refractivity (Wildman–Crippen MR) is 90.3 cm³/mol. The van der Waals surface area contributed by atoms with Gasteiger partial charge in [0.2, 0.25) is 11.8 Å². The number of nitro benzene ring substituents is 1. The van der Waals surface area contributed by atoms with Gasteiger partial charge in [0.25, 0.3) is 5.69 Å². The van der Waals surface area contributed by atoms with E-state index >= 15 is 0 Å². The predicted octanol–water partition coefficient (Wildman–Crippen LogP) is 1.92. The summed E-state index contributed by atoms with van der Waals surface area (Å²) in [6, 6.07) is 5.95. The number of aromatic nitrogens is 2. The van der Waals surface area contributed by atoms with Gasteiger partial charge in [0.15, 0.2) is 0 Å². The molecule has 1 aliphatic rings. The number of rotatable bonds is 5. The third-order valence-corrected chi connectivity index (χ3v) is 4.05. The molecule has 10 heteroatoms. The molecule has 0 radical (unpaired) electrons. The van der Waals surface area contributed by atoms with Crippen molar-refractivity contribution in [3.8, 4) is 11.5 Å². The van der Waals surface area contributed by atoms with Crippen molar-refractivity contribution in [2.24, 2.45) is 0 Å². The molecule has 0 aliphatic carbocycles. The summed E-state index contributed by atoms with van der Waals surface area (Å²) in [7, 11) is 0. The molecule has 0 unspecified atom stereocenters. The summed E-state index contributed by atoms with van der Waals surface area (Å²) in [6.07, 6.45) is -0.287. The minimum atomic E-state index is -0.459. The Morgan fingerprint density at radius 3 is 2.54 bits per heavy atom. The molecule has 0 spiro atoms. The highest BCUT2D eigenvalue weighted by Gasteiger charge is 2.23. The highest BCUT2D eigenvalue weighted by atomic mass is 16.6. The Morgan fingerprint density at radius 1 is 1.23 bits per heavy atom. The largest absolute Gasteiger partial charge is 0.450 e. The third-order valence-electron chi connectivity index (χ3n) is 4.05. The second kappa shape index (κ2) is 7.91. The van der Waals surface area contributed by atoms with Gasteiger partial charge in [-0.05, 0) is 19.1 Å². The standard InChI is InChI=1S/C16H19N5O5/c1-2-25-16(22)20-9-7-19(8-10-20)11-14-17-18-15(26-14)12-3-5-13(6-4-12)21(23)24/h3-6H,2,7-11H2,1H3. The molecule has 0 saturated carbocycles. The average Bonchev–Trinajstić information content (AvgIpc) is 3.11. The number of non-ortho nitro benzene ring substituents is 1. The summed E-state index contributed by atoms with van der Waals surface area (Å²) >= 11 is 0. The average molecular weight is 361 g/mol. The number of benzene rings is 1.